The first-order valence-corrected chi connectivity index (χ1v) is 7.86. The molecule has 0 spiro atoms. The molecule has 1 fully saturated rings. The molecule has 20 heavy (non-hydrogen) atoms. The van der Waals surface area contributed by atoms with Crippen molar-refractivity contribution in [3.05, 3.63) is 29.8 Å². The van der Waals surface area contributed by atoms with Crippen molar-refractivity contribution < 1.29 is 4.39 Å². The Morgan fingerprint density at radius 1 is 1.35 bits per heavy atom. The smallest absolute Gasteiger partial charge is 0.151 e. The first-order chi connectivity index (χ1) is 9.61. The van der Waals surface area contributed by atoms with E-state index in [9.17, 15) is 4.39 Å². The molecule has 1 aromatic carbocycles. The van der Waals surface area contributed by atoms with Crippen LogP contribution in [0, 0.1) is 17.7 Å². The third-order valence-electron chi connectivity index (χ3n) is 4.58. The minimum absolute atomic E-state index is 0.260. The molecule has 1 aliphatic rings. The molecule has 0 N–H and O–H groups in total. The molecule has 3 atom stereocenters. The summed E-state index contributed by atoms with van der Waals surface area (Å²) < 4.78 is 16.1. The Labute approximate surface area is 123 Å². The summed E-state index contributed by atoms with van der Waals surface area (Å²) in [6.07, 6.45) is 3.54. The van der Waals surface area contributed by atoms with Crippen LogP contribution in [-0.4, -0.2) is 9.55 Å². The van der Waals surface area contributed by atoms with Crippen molar-refractivity contribution >= 4 is 22.6 Å². The Kier molecular flexibility index (Phi) is 3.72. The molecule has 2 aromatic rings. The topological polar surface area (TPSA) is 17.8 Å². The van der Waals surface area contributed by atoms with Crippen LogP contribution in [-0.2, 0) is 5.88 Å². The van der Waals surface area contributed by atoms with Gasteiger partial charge in [0.1, 0.15) is 11.3 Å². The number of para-hydroxylation sites is 1. The van der Waals surface area contributed by atoms with Crippen molar-refractivity contribution in [2.24, 2.45) is 11.8 Å². The van der Waals surface area contributed by atoms with E-state index < -0.39 is 0 Å². The van der Waals surface area contributed by atoms with E-state index in [0.29, 0.717) is 23.4 Å². The summed E-state index contributed by atoms with van der Waals surface area (Å²) in [4.78, 5) is 4.42. The van der Waals surface area contributed by atoms with Crippen molar-refractivity contribution in [2.45, 2.75) is 45.0 Å². The third-order valence-corrected chi connectivity index (χ3v) is 4.82. The number of fused-ring (bicyclic) bond motifs is 1. The molecular weight excluding hydrogens is 275 g/mol. The summed E-state index contributed by atoms with van der Waals surface area (Å²) in [5.74, 6) is 2.20. The van der Waals surface area contributed by atoms with E-state index in [1.54, 1.807) is 6.07 Å². The number of benzene rings is 1. The maximum Gasteiger partial charge on any atom is 0.151 e. The van der Waals surface area contributed by atoms with Gasteiger partial charge in [0.15, 0.2) is 5.82 Å². The van der Waals surface area contributed by atoms with Crippen LogP contribution in [0.3, 0.4) is 0 Å². The number of rotatable bonds is 2. The fraction of sp³-hybridized carbons (Fsp3) is 0.562. The first-order valence-electron chi connectivity index (χ1n) is 7.33. The fourth-order valence-corrected chi connectivity index (χ4v) is 3.82. The van der Waals surface area contributed by atoms with Gasteiger partial charge in [-0.3, -0.25) is 0 Å². The van der Waals surface area contributed by atoms with Gasteiger partial charge in [-0.25, -0.2) is 9.37 Å². The minimum Gasteiger partial charge on any atom is -0.323 e. The second kappa shape index (κ2) is 5.36. The van der Waals surface area contributed by atoms with Gasteiger partial charge in [-0.2, -0.15) is 0 Å². The molecule has 0 radical (unpaired) electrons. The van der Waals surface area contributed by atoms with Crippen LogP contribution in [0.2, 0.25) is 0 Å². The number of alkyl halides is 1. The first kappa shape index (κ1) is 13.9. The molecule has 1 aromatic heterocycles. The van der Waals surface area contributed by atoms with Gasteiger partial charge in [-0.1, -0.05) is 19.9 Å². The summed E-state index contributed by atoms with van der Waals surface area (Å²) >= 11 is 6.05. The number of nitrogens with zero attached hydrogens (tertiary/aromatic N) is 2. The SMILES string of the molecule is CC1CCC(n2c(CCl)nc3c(F)cccc32)C(C)C1. The van der Waals surface area contributed by atoms with Gasteiger partial charge in [0.05, 0.1) is 11.4 Å². The van der Waals surface area contributed by atoms with Crippen LogP contribution in [0.1, 0.15) is 45.0 Å². The number of aromatic nitrogens is 2. The Balaban J connectivity index is 2.12. The molecule has 1 aliphatic carbocycles. The van der Waals surface area contributed by atoms with Gasteiger partial charge >= 0.3 is 0 Å². The molecule has 3 rings (SSSR count). The quantitative estimate of drug-likeness (QED) is 0.720. The standard InChI is InChI=1S/C16H20ClFN2/c1-10-6-7-13(11(2)8-10)20-14-5-3-4-12(18)16(14)19-15(20)9-17/h3-5,10-11,13H,6-9H2,1-2H3. The van der Waals surface area contributed by atoms with Crippen LogP contribution < -0.4 is 0 Å². The van der Waals surface area contributed by atoms with E-state index >= 15 is 0 Å². The van der Waals surface area contributed by atoms with Crippen LogP contribution in [0.25, 0.3) is 11.0 Å². The zero-order valence-electron chi connectivity index (χ0n) is 11.9. The van der Waals surface area contributed by atoms with Gasteiger partial charge < -0.3 is 4.57 Å². The van der Waals surface area contributed by atoms with E-state index in [-0.39, 0.29) is 5.82 Å². The van der Waals surface area contributed by atoms with Crippen molar-refractivity contribution in [2.75, 3.05) is 0 Å². The molecule has 0 saturated heterocycles. The van der Waals surface area contributed by atoms with Crippen LogP contribution in [0.15, 0.2) is 18.2 Å². The maximum absolute atomic E-state index is 13.9. The predicted molar refractivity (Wildman–Crippen MR) is 80.5 cm³/mol. The molecular formula is C16H20ClFN2. The van der Waals surface area contributed by atoms with Crippen molar-refractivity contribution in [1.82, 2.24) is 9.55 Å². The van der Waals surface area contributed by atoms with E-state index in [2.05, 4.69) is 23.4 Å². The monoisotopic (exact) mass is 294 g/mol. The van der Waals surface area contributed by atoms with Gasteiger partial charge in [-0.05, 0) is 43.2 Å². The zero-order chi connectivity index (χ0) is 14.3. The number of hydrogen-bond donors (Lipinski definition) is 0. The number of hydrogen-bond acceptors (Lipinski definition) is 1. The molecule has 0 aliphatic heterocycles. The molecule has 3 unspecified atom stereocenters. The molecule has 4 heteroatoms. The molecule has 1 saturated carbocycles. The van der Waals surface area contributed by atoms with Crippen LogP contribution >= 0.6 is 11.6 Å². The lowest BCUT2D eigenvalue weighted by atomic mass is 9.79. The third kappa shape index (κ3) is 2.22. The molecule has 1 heterocycles. The fourth-order valence-electron chi connectivity index (χ4n) is 3.63. The van der Waals surface area contributed by atoms with Crippen molar-refractivity contribution in [3.63, 3.8) is 0 Å². The minimum atomic E-state index is -0.260. The Morgan fingerprint density at radius 2 is 2.15 bits per heavy atom. The van der Waals surface area contributed by atoms with Crippen molar-refractivity contribution in [1.29, 1.82) is 0 Å². The summed E-state index contributed by atoms with van der Waals surface area (Å²) in [5.41, 5.74) is 1.33. The highest BCUT2D eigenvalue weighted by Gasteiger charge is 2.29. The van der Waals surface area contributed by atoms with E-state index in [4.69, 9.17) is 11.6 Å². The van der Waals surface area contributed by atoms with Crippen LogP contribution in [0.5, 0.6) is 0 Å². The molecule has 0 amide bonds. The molecule has 108 valence electrons. The second-order valence-electron chi connectivity index (χ2n) is 6.10. The Bertz CT molecular complexity index is 622. The van der Waals surface area contributed by atoms with E-state index in [1.165, 1.54) is 18.9 Å². The lowest BCUT2D eigenvalue weighted by Crippen LogP contribution is -2.25. The van der Waals surface area contributed by atoms with Gasteiger partial charge in [-0.15, -0.1) is 11.6 Å². The average molecular weight is 295 g/mol. The highest BCUT2D eigenvalue weighted by Crippen LogP contribution is 2.39. The summed E-state index contributed by atoms with van der Waals surface area (Å²) in [6.45, 7) is 4.59. The zero-order valence-corrected chi connectivity index (χ0v) is 12.7. The summed E-state index contributed by atoms with van der Waals surface area (Å²) in [5, 5.41) is 0. The molecule has 0 bridgehead atoms. The normalized spacial score (nSPS) is 27.1. The van der Waals surface area contributed by atoms with E-state index in [1.807, 2.05) is 6.07 Å². The summed E-state index contributed by atoms with van der Waals surface area (Å²) in [7, 11) is 0. The predicted octanol–water partition coefficient (Wildman–Crippen LogP) is 4.91. The van der Waals surface area contributed by atoms with Gasteiger partial charge in [0, 0.05) is 6.04 Å². The highest BCUT2D eigenvalue weighted by atomic mass is 35.5. The number of halogens is 2. The largest absolute Gasteiger partial charge is 0.323 e. The maximum atomic E-state index is 13.9. The second-order valence-corrected chi connectivity index (χ2v) is 6.37. The van der Waals surface area contributed by atoms with Gasteiger partial charge in [0.2, 0.25) is 0 Å². The lowest BCUT2D eigenvalue weighted by molar-refractivity contribution is 0.209. The average Bonchev–Trinajstić information content (AvgIpc) is 2.79. The Morgan fingerprint density at radius 3 is 2.85 bits per heavy atom. The van der Waals surface area contributed by atoms with Crippen molar-refractivity contribution in [3.8, 4) is 0 Å². The Hall–Kier alpha value is -1.09. The number of imidazole rings is 1. The molecule has 2 nitrogen and oxygen atoms in total. The highest BCUT2D eigenvalue weighted by molar-refractivity contribution is 6.16. The summed E-state index contributed by atoms with van der Waals surface area (Å²) in [6, 6.07) is 5.55. The lowest BCUT2D eigenvalue weighted by Gasteiger charge is -2.34. The van der Waals surface area contributed by atoms with Gasteiger partial charge in [0.25, 0.3) is 0 Å². The van der Waals surface area contributed by atoms with Crippen LogP contribution in [0.4, 0.5) is 4.39 Å². The van der Waals surface area contributed by atoms with E-state index in [0.717, 1.165) is 23.7 Å².